The predicted molar refractivity (Wildman–Crippen MR) is 125 cm³/mol. The van der Waals surface area contributed by atoms with Crippen LogP contribution in [0.3, 0.4) is 0 Å². The smallest absolute Gasteiger partial charge is 0.224 e. The van der Waals surface area contributed by atoms with Gasteiger partial charge in [-0.2, -0.15) is 0 Å². The Labute approximate surface area is 203 Å². The molecule has 5 rings (SSSR count). The van der Waals surface area contributed by atoms with E-state index < -0.39 is 36.8 Å². The number of hydrogen-bond donors (Lipinski definition) is 4. The first-order valence-corrected chi connectivity index (χ1v) is 12.1. The van der Waals surface area contributed by atoms with E-state index in [0.29, 0.717) is 23.1 Å². The molecule has 8 atom stereocenters. The second kappa shape index (κ2) is 9.39. The molecule has 1 heterocycles. The van der Waals surface area contributed by atoms with Crippen LogP contribution in [0.25, 0.3) is 0 Å². The van der Waals surface area contributed by atoms with E-state index >= 15 is 0 Å². The van der Waals surface area contributed by atoms with Crippen molar-refractivity contribution in [2.75, 3.05) is 13.7 Å². The van der Waals surface area contributed by atoms with Gasteiger partial charge in [-0.15, -0.1) is 0 Å². The van der Waals surface area contributed by atoms with Gasteiger partial charge >= 0.3 is 0 Å². The number of hydrogen-bond acceptors (Lipinski definition) is 7. The molecule has 0 bridgehead atoms. The van der Waals surface area contributed by atoms with Crippen LogP contribution in [0.15, 0.2) is 42.5 Å². The van der Waals surface area contributed by atoms with Crippen molar-refractivity contribution in [2.24, 2.45) is 11.8 Å². The average Bonchev–Trinajstić information content (AvgIpc) is 3.46. The molecule has 184 valence electrons. The van der Waals surface area contributed by atoms with E-state index in [2.05, 4.69) is 0 Å². The number of methoxy groups -OCH3 is 1. The maximum atomic E-state index is 10.8. The number of rotatable bonds is 7. The summed E-state index contributed by atoms with van der Waals surface area (Å²) in [6.07, 6.45) is -1.20. The van der Waals surface area contributed by atoms with Gasteiger partial charge in [0.05, 0.1) is 12.7 Å². The fraction of sp³-hybridized carbons (Fsp3) is 0.538. The SMILES string of the molecule is COC1(c2ccc(Cl)c(Cc3ccc(OC4C[C@@H]5C[C@@H]5C4)cc3)c2)O[C@H](CO)[C@@H](O)[C@H](O)[C@H]1O. The van der Waals surface area contributed by atoms with Crippen molar-refractivity contribution < 1.29 is 34.6 Å². The Hall–Kier alpha value is -1.71. The van der Waals surface area contributed by atoms with E-state index in [-0.39, 0.29) is 0 Å². The zero-order valence-electron chi connectivity index (χ0n) is 19.0. The van der Waals surface area contributed by atoms with Crippen LogP contribution in [0.2, 0.25) is 5.02 Å². The second-order valence-electron chi connectivity index (χ2n) is 9.73. The number of halogens is 1. The molecule has 2 saturated carbocycles. The van der Waals surface area contributed by atoms with Gasteiger partial charge in [0.2, 0.25) is 5.79 Å². The van der Waals surface area contributed by atoms with Crippen LogP contribution in [0.1, 0.15) is 36.0 Å². The third-order valence-electron chi connectivity index (χ3n) is 7.52. The molecule has 2 unspecified atom stereocenters. The van der Waals surface area contributed by atoms with E-state index in [0.717, 1.165) is 41.6 Å². The van der Waals surface area contributed by atoms with Gasteiger partial charge in [0.15, 0.2) is 0 Å². The highest BCUT2D eigenvalue weighted by Crippen LogP contribution is 2.52. The molecular formula is C26H31ClO7. The number of fused-ring (bicyclic) bond motifs is 1. The standard InChI is InChI=1S/C26H31ClO7/c1-32-26(25(31)24(30)23(29)22(13-28)34-26)18-4-7-21(27)17(10-18)8-14-2-5-19(6-3-14)33-20-11-15-9-16(15)12-20/h2-7,10,15-16,20,22-25,28-31H,8-9,11-13H2,1H3/t15-,16+,20?,22-,23-,24+,25-,26?/m1/s1. The summed E-state index contributed by atoms with van der Waals surface area (Å²) < 4.78 is 17.5. The quantitative estimate of drug-likeness (QED) is 0.472. The third kappa shape index (κ3) is 4.35. The molecule has 0 aromatic heterocycles. The lowest BCUT2D eigenvalue weighted by atomic mass is 9.87. The van der Waals surface area contributed by atoms with Crippen molar-refractivity contribution in [2.45, 2.75) is 62.0 Å². The Morgan fingerprint density at radius 1 is 1.00 bits per heavy atom. The summed E-state index contributed by atoms with van der Waals surface area (Å²) in [5.41, 5.74) is 2.23. The molecule has 3 aliphatic rings. The van der Waals surface area contributed by atoms with Crippen molar-refractivity contribution in [3.8, 4) is 5.75 Å². The van der Waals surface area contributed by atoms with Gasteiger partial charge in [-0.1, -0.05) is 29.8 Å². The molecule has 3 fully saturated rings. The molecule has 1 aliphatic heterocycles. The van der Waals surface area contributed by atoms with Gasteiger partial charge in [-0.3, -0.25) is 0 Å². The Bertz CT molecular complexity index is 1000. The van der Waals surface area contributed by atoms with E-state index in [1.165, 1.54) is 13.5 Å². The summed E-state index contributed by atoms with van der Waals surface area (Å²) >= 11 is 6.48. The Kier molecular flexibility index (Phi) is 6.63. The van der Waals surface area contributed by atoms with Crippen molar-refractivity contribution in [1.82, 2.24) is 0 Å². The first-order valence-electron chi connectivity index (χ1n) is 11.8. The number of aliphatic hydroxyl groups excluding tert-OH is 4. The lowest BCUT2D eigenvalue weighted by Gasteiger charge is -2.47. The summed E-state index contributed by atoms with van der Waals surface area (Å²) in [4.78, 5) is 0. The van der Waals surface area contributed by atoms with Gasteiger partial charge in [-0.05, 0) is 72.9 Å². The number of ether oxygens (including phenoxy) is 3. The maximum Gasteiger partial charge on any atom is 0.224 e. The summed E-state index contributed by atoms with van der Waals surface area (Å²) in [5, 5.41) is 41.4. The first-order chi connectivity index (χ1) is 16.3. The highest BCUT2D eigenvalue weighted by Gasteiger charge is 2.55. The summed E-state index contributed by atoms with van der Waals surface area (Å²) in [6, 6.07) is 13.0. The average molecular weight is 491 g/mol. The zero-order chi connectivity index (χ0) is 24.0. The summed E-state index contributed by atoms with van der Waals surface area (Å²) in [6.45, 7) is -0.549. The predicted octanol–water partition coefficient (Wildman–Crippen LogP) is 2.38. The Balaban J connectivity index is 1.35. The van der Waals surface area contributed by atoms with E-state index in [1.807, 2.05) is 24.3 Å². The molecule has 2 aromatic carbocycles. The second-order valence-corrected chi connectivity index (χ2v) is 10.1. The minimum atomic E-state index is -1.77. The van der Waals surface area contributed by atoms with Crippen LogP contribution in [-0.4, -0.2) is 64.7 Å². The molecule has 0 spiro atoms. The summed E-state index contributed by atoms with van der Waals surface area (Å²) in [7, 11) is 1.34. The van der Waals surface area contributed by atoms with Gasteiger partial charge in [-0.25, -0.2) is 0 Å². The van der Waals surface area contributed by atoms with Crippen molar-refractivity contribution in [3.63, 3.8) is 0 Å². The molecule has 2 aromatic rings. The lowest BCUT2D eigenvalue weighted by Crippen LogP contribution is -2.64. The highest BCUT2D eigenvalue weighted by molar-refractivity contribution is 6.31. The van der Waals surface area contributed by atoms with Crippen molar-refractivity contribution in [3.05, 3.63) is 64.2 Å². The maximum absolute atomic E-state index is 10.8. The molecule has 4 N–H and O–H groups in total. The fourth-order valence-corrected chi connectivity index (χ4v) is 5.63. The Morgan fingerprint density at radius 3 is 2.35 bits per heavy atom. The van der Waals surface area contributed by atoms with Crippen molar-refractivity contribution >= 4 is 11.6 Å². The Morgan fingerprint density at radius 2 is 1.71 bits per heavy atom. The number of aliphatic hydroxyl groups is 4. The molecule has 0 radical (unpaired) electrons. The van der Waals surface area contributed by atoms with Gasteiger partial charge in [0, 0.05) is 17.7 Å². The zero-order valence-corrected chi connectivity index (χ0v) is 19.8. The molecule has 34 heavy (non-hydrogen) atoms. The normalized spacial score (nSPS) is 36.8. The minimum Gasteiger partial charge on any atom is -0.490 e. The van der Waals surface area contributed by atoms with Crippen LogP contribution in [-0.2, 0) is 21.7 Å². The van der Waals surface area contributed by atoms with Crippen molar-refractivity contribution in [1.29, 1.82) is 0 Å². The van der Waals surface area contributed by atoms with Crippen LogP contribution < -0.4 is 4.74 Å². The molecular weight excluding hydrogens is 460 g/mol. The fourth-order valence-electron chi connectivity index (χ4n) is 5.45. The molecule has 8 heteroatoms. The van der Waals surface area contributed by atoms with Crippen LogP contribution in [0, 0.1) is 11.8 Å². The number of benzene rings is 2. The van der Waals surface area contributed by atoms with Gasteiger partial charge < -0.3 is 34.6 Å². The topological polar surface area (TPSA) is 109 Å². The third-order valence-corrected chi connectivity index (χ3v) is 7.89. The van der Waals surface area contributed by atoms with Crippen LogP contribution in [0.4, 0.5) is 0 Å². The summed E-state index contributed by atoms with van der Waals surface area (Å²) in [5.74, 6) is 0.843. The molecule has 0 amide bonds. The van der Waals surface area contributed by atoms with E-state index in [1.54, 1.807) is 18.2 Å². The van der Waals surface area contributed by atoms with Crippen LogP contribution in [0.5, 0.6) is 5.75 Å². The first kappa shape index (κ1) is 24.0. The largest absolute Gasteiger partial charge is 0.490 e. The lowest BCUT2D eigenvalue weighted by molar-refractivity contribution is -0.366. The van der Waals surface area contributed by atoms with E-state index in [4.69, 9.17) is 25.8 Å². The molecule has 7 nitrogen and oxygen atoms in total. The van der Waals surface area contributed by atoms with Gasteiger partial charge in [0.1, 0.15) is 30.2 Å². The van der Waals surface area contributed by atoms with E-state index in [9.17, 15) is 20.4 Å². The molecule has 1 saturated heterocycles. The minimum absolute atomic E-state index is 0.324. The van der Waals surface area contributed by atoms with Gasteiger partial charge in [0.25, 0.3) is 0 Å². The monoisotopic (exact) mass is 490 g/mol. The van der Waals surface area contributed by atoms with Crippen LogP contribution >= 0.6 is 11.6 Å². The molecule has 2 aliphatic carbocycles. The highest BCUT2D eigenvalue weighted by atomic mass is 35.5.